The van der Waals surface area contributed by atoms with Crippen molar-refractivity contribution in [2.75, 3.05) is 11.9 Å². The first-order valence-electron chi connectivity index (χ1n) is 14.9. The molecule has 0 aliphatic carbocycles. The molecule has 7 aromatic rings. The molecule has 0 radical (unpaired) electrons. The number of hydrogen-bond donors (Lipinski definition) is 1. The Labute approximate surface area is 268 Å². The zero-order valence-electron chi connectivity index (χ0n) is 25.5. The number of ether oxygens (including phenoxy) is 1. The quantitative estimate of drug-likeness (QED) is 0.179. The molecule has 0 spiro atoms. The van der Waals surface area contributed by atoms with E-state index in [1.807, 2.05) is 68.4 Å². The lowest BCUT2D eigenvalue weighted by Crippen LogP contribution is -2.20. The smallest absolute Gasteiger partial charge is 0.282 e. The summed E-state index contributed by atoms with van der Waals surface area (Å²) in [5.74, 6) is 0.413. The number of furan rings is 1. The highest BCUT2D eigenvalue weighted by Crippen LogP contribution is 2.27. The highest BCUT2D eigenvalue weighted by molar-refractivity contribution is 5.92. The van der Waals surface area contributed by atoms with Crippen molar-refractivity contribution in [2.45, 2.75) is 13.8 Å². The van der Waals surface area contributed by atoms with Crippen LogP contribution in [0.1, 0.15) is 17.0 Å². The molecule has 10 heteroatoms. The molecule has 3 aromatic heterocycles. The monoisotopic (exact) mass is 625 g/mol. The summed E-state index contributed by atoms with van der Waals surface area (Å²) >= 11 is 0. The van der Waals surface area contributed by atoms with E-state index in [0.717, 1.165) is 28.0 Å². The van der Waals surface area contributed by atoms with Crippen LogP contribution in [0.3, 0.4) is 0 Å². The van der Waals surface area contributed by atoms with Crippen LogP contribution in [0.25, 0.3) is 39.1 Å². The molecule has 1 N–H and O–H groups in total. The Kier molecular flexibility index (Phi) is 7.67. The second-order valence-corrected chi connectivity index (χ2v) is 11.0. The van der Waals surface area contributed by atoms with Gasteiger partial charge in [-0.05, 0) is 86.6 Å². The van der Waals surface area contributed by atoms with Crippen LogP contribution in [-0.4, -0.2) is 33.0 Å². The van der Waals surface area contributed by atoms with Crippen molar-refractivity contribution >= 4 is 39.7 Å². The first kappa shape index (κ1) is 29.4. The van der Waals surface area contributed by atoms with E-state index in [-0.39, 0.29) is 12.2 Å². The van der Waals surface area contributed by atoms with Gasteiger partial charge in [-0.3, -0.25) is 9.59 Å². The number of nitrogens with one attached hydrogen (secondary N) is 1. The van der Waals surface area contributed by atoms with Crippen molar-refractivity contribution in [1.29, 1.82) is 0 Å². The Morgan fingerprint density at radius 3 is 2.55 bits per heavy atom. The summed E-state index contributed by atoms with van der Waals surface area (Å²) in [6.45, 7) is 3.73. The summed E-state index contributed by atoms with van der Waals surface area (Å²) in [5.41, 5.74) is 4.84. The van der Waals surface area contributed by atoms with E-state index in [4.69, 9.17) is 14.1 Å². The third-order valence-electron chi connectivity index (χ3n) is 7.76. The molecule has 47 heavy (non-hydrogen) atoms. The third-order valence-corrected chi connectivity index (χ3v) is 7.76. The van der Waals surface area contributed by atoms with Crippen molar-refractivity contribution in [3.63, 3.8) is 0 Å². The van der Waals surface area contributed by atoms with Gasteiger partial charge in [0.1, 0.15) is 17.1 Å². The molecule has 0 bridgehead atoms. The van der Waals surface area contributed by atoms with Crippen LogP contribution in [-0.2, 0) is 4.79 Å². The van der Waals surface area contributed by atoms with Gasteiger partial charge in [-0.25, -0.2) is 9.37 Å². The van der Waals surface area contributed by atoms with Crippen LogP contribution >= 0.6 is 0 Å². The number of hydrogen-bond acceptors (Lipinski definition) is 6. The minimum atomic E-state index is -0.434. The van der Waals surface area contributed by atoms with Gasteiger partial charge in [0, 0.05) is 33.7 Å². The van der Waals surface area contributed by atoms with E-state index in [9.17, 15) is 14.0 Å². The van der Waals surface area contributed by atoms with Gasteiger partial charge in [-0.15, -0.1) is 0 Å². The summed E-state index contributed by atoms with van der Waals surface area (Å²) in [6, 6.07) is 31.6. The SMILES string of the molecule is Cc1cc(C=Nn2c(-c3cc4ccccc4o3)nc3ccccc3c2=O)c(C)n1-c1ccc(OCC(=O)Nc2cccc(F)c2)cc1. The van der Waals surface area contributed by atoms with Crippen molar-refractivity contribution in [3.05, 3.63) is 142 Å². The van der Waals surface area contributed by atoms with Gasteiger partial charge in [-0.2, -0.15) is 9.78 Å². The number of rotatable bonds is 8. The average Bonchev–Trinajstić information content (AvgIpc) is 3.63. The summed E-state index contributed by atoms with van der Waals surface area (Å²) in [5, 5.41) is 8.59. The van der Waals surface area contributed by atoms with Crippen molar-refractivity contribution in [3.8, 4) is 23.0 Å². The second kappa shape index (κ2) is 12.2. The highest BCUT2D eigenvalue weighted by Gasteiger charge is 2.17. The zero-order chi connectivity index (χ0) is 32.5. The molecule has 0 aliphatic rings. The number of carbonyl (C=O) groups excluding carboxylic acids is 1. The lowest BCUT2D eigenvalue weighted by Gasteiger charge is -2.12. The Hall–Kier alpha value is -6.29. The molecular formula is C37H28FN5O4. The molecule has 7 rings (SSSR count). The number of carbonyl (C=O) groups is 1. The van der Waals surface area contributed by atoms with Gasteiger partial charge < -0.3 is 19.0 Å². The maximum atomic E-state index is 13.7. The van der Waals surface area contributed by atoms with Gasteiger partial charge in [0.05, 0.1) is 17.1 Å². The molecule has 0 saturated carbocycles. The summed E-state index contributed by atoms with van der Waals surface area (Å²) in [6.07, 6.45) is 1.65. The average molecular weight is 626 g/mol. The number of benzene rings is 4. The lowest BCUT2D eigenvalue weighted by molar-refractivity contribution is -0.118. The minimum absolute atomic E-state index is 0.225. The number of para-hydroxylation sites is 2. The maximum absolute atomic E-state index is 13.7. The molecule has 0 aliphatic heterocycles. The van der Waals surface area contributed by atoms with E-state index in [1.54, 1.807) is 42.6 Å². The molecule has 3 heterocycles. The van der Waals surface area contributed by atoms with Gasteiger partial charge in [-0.1, -0.05) is 36.4 Å². The first-order valence-corrected chi connectivity index (χ1v) is 14.9. The molecule has 1 amide bonds. The Morgan fingerprint density at radius 2 is 1.74 bits per heavy atom. The van der Waals surface area contributed by atoms with E-state index in [1.165, 1.54) is 22.9 Å². The van der Waals surface area contributed by atoms with Crippen molar-refractivity contribution < 1.29 is 18.3 Å². The molecule has 0 atom stereocenters. The number of aryl methyl sites for hydroxylation is 1. The number of halogens is 1. The Balaban J connectivity index is 1.15. The largest absolute Gasteiger partial charge is 0.484 e. The maximum Gasteiger partial charge on any atom is 0.282 e. The Bertz CT molecular complexity index is 2340. The summed E-state index contributed by atoms with van der Waals surface area (Å²) in [7, 11) is 0. The van der Waals surface area contributed by atoms with Crippen LogP contribution in [0.5, 0.6) is 5.75 Å². The van der Waals surface area contributed by atoms with Crippen LogP contribution in [0.4, 0.5) is 10.1 Å². The molecule has 0 unspecified atom stereocenters. The van der Waals surface area contributed by atoms with Crippen molar-refractivity contribution in [1.82, 2.24) is 14.2 Å². The fourth-order valence-electron chi connectivity index (χ4n) is 5.52. The molecule has 9 nitrogen and oxygen atoms in total. The molecule has 0 saturated heterocycles. The number of nitrogens with zero attached hydrogens (tertiary/aromatic N) is 4. The second-order valence-electron chi connectivity index (χ2n) is 11.0. The van der Waals surface area contributed by atoms with Gasteiger partial charge in [0.15, 0.2) is 12.4 Å². The van der Waals surface area contributed by atoms with Gasteiger partial charge in [0.25, 0.3) is 11.5 Å². The van der Waals surface area contributed by atoms with E-state index in [2.05, 4.69) is 15.0 Å². The number of aromatic nitrogens is 3. The normalized spacial score (nSPS) is 11.5. The number of anilines is 1. The fourth-order valence-corrected chi connectivity index (χ4v) is 5.52. The van der Waals surface area contributed by atoms with E-state index < -0.39 is 11.7 Å². The van der Waals surface area contributed by atoms with E-state index >= 15 is 0 Å². The summed E-state index contributed by atoms with van der Waals surface area (Å²) in [4.78, 5) is 30.7. The molecule has 232 valence electrons. The highest BCUT2D eigenvalue weighted by atomic mass is 19.1. The zero-order valence-corrected chi connectivity index (χ0v) is 25.5. The van der Waals surface area contributed by atoms with Gasteiger partial charge in [0.2, 0.25) is 5.82 Å². The predicted molar refractivity (Wildman–Crippen MR) is 180 cm³/mol. The molecular weight excluding hydrogens is 597 g/mol. The van der Waals surface area contributed by atoms with Crippen LogP contribution in [0, 0.1) is 19.7 Å². The van der Waals surface area contributed by atoms with Crippen LogP contribution < -0.4 is 15.6 Å². The Morgan fingerprint density at radius 1 is 0.957 bits per heavy atom. The lowest BCUT2D eigenvalue weighted by atomic mass is 10.2. The topological polar surface area (TPSA) is 104 Å². The fraction of sp³-hybridized carbons (Fsp3) is 0.0811. The van der Waals surface area contributed by atoms with E-state index in [0.29, 0.717) is 39.5 Å². The van der Waals surface area contributed by atoms with Crippen LogP contribution in [0.15, 0.2) is 124 Å². The predicted octanol–water partition coefficient (Wildman–Crippen LogP) is 7.26. The van der Waals surface area contributed by atoms with Crippen molar-refractivity contribution in [2.24, 2.45) is 5.10 Å². The summed E-state index contributed by atoms with van der Waals surface area (Å²) < 4.78 is 28.5. The van der Waals surface area contributed by atoms with Gasteiger partial charge >= 0.3 is 0 Å². The molecule has 4 aromatic carbocycles. The first-order chi connectivity index (χ1) is 22.8. The minimum Gasteiger partial charge on any atom is -0.484 e. The number of fused-ring (bicyclic) bond motifs is 2. The number of amides is 1. The third kappa shape index (κ3) is 5.91. The molecule has 0 fully saturated rings. The standard InChI is InChI=1S/C37H28FN5O4/c1-23-18-26(24(2)42(23)29-14-16-30(17-15-29)46-22-35(44)40-28-10-7-9-27(38)20-28)21-39-43-36(34-19-25-8-3-6-13-33(25)47-34)41-32-12-5-4-11-31(32)37(43)45/h3-21H,22H2,1-2H3,(H,40,44). The van der Waals surface area contributed by atoms with Crippen LogP contribution in [0.2, 0.25) is 0 Å².